The van der Waals surface area contributed by atoms with Crippen molar-refractivity contribution in [3.63, 3.8) is 0 Å². The van der Waals surface area contributed by atoms with Crippen LogP contribution < -0.4 is 11.1 Å². The third-order valence-corrected chi connectivity index (χ3v) is 4.90. The first-order chi connectivity index (χ1) is 8.60. The van der Waals surface area contributed by atoms with Gasteiger partial charge in [0.25, 0.3) is 0 Å². The normalized spacial score (nSPS) is 23.0. The summed E-state index contributed by atoms with van der Waals surface area (Å²) in [5.41, 5.74) is 8.97. The number of rotatable bonds is 4. The Hall–Kier alpha value is -0.740. The van der Waals surface area contributed by atoms with Crippen molar-refractivity contribution in [1.29, 1.82) is 0 Å². The van der Waals surface area contributed by atoms with E-state index >= 15 is 0 Å². The highest BCUT2D eigenvalue weighted by atomic mass is 32.2. The van der Waals surface area contributed by atoms with Gasteiger partial charge in [-0.2, -0.15) is 11.8 Å². The summed E-state index contributed by atoms with van der Waals surface area (Å²) in [5.74, 6) is 0. The first-order valence-corrected chi connectivity index (χ1v) is 7.99. The lowest BCUT2D eigenvalue weighted by molar-refractivity contribution is 0.757. The lowest BCUT2D eigenvalue weighted by Crippen LogP contribution is -2.17. The Kier molecular flexibility index (Phi) is 4.51. The van der Waals surface area contributed by atoms with Crippen LogP contribution in [0.3, 0.4) is 0 Å². The van der Waals surface area contributed by atoms with Gasteiger partial charge in [-0.1, -0.05) is 12.2 Å². The summed E-state index contributed by atoms with van der Waals surface area (Å²) in [7, 11) is 0. The quantitative estimate of drug-likeness (QED) is 0.830. The zero-order chi connectivity index (χ0) is 13.1. The Morgan fingerprint density at radius 3 is 2.78 bits per heavy atom. The van der Waals surface area contributed by atoms with Crippen molar-refractivity contribution in [2.45, 2.75) is 37.5 Å². The Balaban J connectivity index is 2.02. The zero-order valence-corrected chi connectivity index (χ0v) is 12.5. The summed E-state index contributed by atoms with van der Waals surface area (Å²) in [6.07, 6.45) is 6.05. The maximum Gasteiger partial charge on any atom is 0.104 e. The van der Waals surface area contributed by atoms with Gasteiger partial charge in [0.05, 0.1) is 0 Å². The van der Waals surface area contributed by atoms with E-state index < -0.39 is 0 Å². The highest BCUT2D eigenvalue weighted by molar-refractivity contribution is 7.99. The fraction of sp³-hybridized carbons (Fsp3) is 0.500. The van der Waals surface area contributed by atoms with Crippen LogP contribution in [-0.2, 0) is 0 Å². The Labute approximate surface area is 119 Å². The van der Waals surface area contributed by atoms with Crippen molar-refractivity contribution in [2.75, 3.05) is 11.6 Å². The Morgan fingerprint density at radius 1 is 1.44 bits per heavy atom. The molecule has 4 heteroatoms. The summed E-state index contributed by atoms with van der Waals surface area (Å²) in [5, 5.41) is 4.43. The molecule has 1 saturated carbocycles. The van der Waals surface area contributed by atoms with Crippen LogP contribution in [0.1, 0.15) is 30.4 Å². The van der Waals surface area contributed by atoms with Crippen LogP contribution in [0.15, 0.2) is 18.2 Å². The minimum absolute atomic E-state index is 0.474. The molecule has 98 valence electrons. The molecule has 0 bridgehead atoms. The summed E-state index contributed by atoms with van der Waals surface area (Å²) in [4.78, 5) is 0.474. The van der Waals surface area contributed by atoms with Crippen molar-refractivity contribution >= 4 is 34.7 Å². The first-order valence-electron chi connectivity index (χ1n) is 6.30. The molecular weight excluding hydrogens is 260 g/mol. The molecule has 0 aliphatic heterocycles. The van der Waals surface area contributed by atoms with Crippen LogP contribution in [0.25, 0.3) is 0 Å². The number of aryl methyl sites for hydroxylation is 1. The van der Waals surface area contributed by atoms with Crippen molar-refractivity contribution in [1.82, 2.24) is 0 Å². The third kappa shape index (κ3) is 3.18. The Bertz CT molecular complexity index is 445. The van der Waals surface area contributed by atoms with Gasteiger partial charge in [-0.05, 0) is 56.2 Å². The van der Waals surface area contributed by atoms with E-state index in [4.69, 9.17) is 18.0 Å². The van der Waals surface area contributed by atoms with E-state index in [0.717, 1.165) is 16.4 Å². The van der Waals surface area contributed by atoms with E-state index in [1.165, 1.54) is 24.9 Å². The molecule has 1 aliphatic rings. The van der Waals surface area contributed by atoms with Crippen LogP contribution in [0.2, 0.25) is 0 Å². The molecule has 0 saturated heterocycles. The number of thiocarbonyl (C=S) groups is 1. The SMILES string of the molecule is CSC1CCC(Nc2ccc(C(N)=S)c(C)c2)C1. The molecule has 3 N–H and O–H groups in total. The Morgan fingerprint density at radius 2 is 2.22 bits per heavy atom. The van der Waals surface area contributed by atoms with Gasteiger partial charge < -0.3 is 11.1 Å². The van der Waals surface area contributed by atoms with Gasteiger partial charge in [0.15, 0.2) is 0 Å². The molecule has 1 aromatic rings. The maximum absolute atomic E-state index is 5.67. The highest BCUT2D eigenvalue weighted by Gasteiger charge is 2.23. The molecule has 0 heterocycles. The molecule has 0 aromatic heterocycles. The molecule has 2 unspecified atom stereocenters. The lowest BCUT2D eigenvalue weighted by Gasteiger charge is -2.15. The average molecular weight is 280 g/mol. The van der Waals surface area contributed by atoms with Gasteiger partial charge >= 0.3 is 0 Å². The minimum Gasteiger partial charge on any atom is -0.389 e. The molecule has 18 heavy (non-hydrogen) atoms. The summed E-state index contributed by atoms with van der Waals surface area (Å²) in [6.45, 7) is 2.05. The molecule has 2 nitrogen and oxygen atoms in total. The standard InChI is InChI=1S/C14H20N2S2/c1-9-7-10(4-6-13(9)14(15)17)16-11-3-5-12(8-11)18-2/h4,6-7,11-12,16H,3,5,8H2,1-2H3,(H2,15,17). The summed E-state index contributed by atoms with van der Waals surface area (Å²) >= 11 is 7.00. The largest absolute Gasteiger partial charge is 0.389 e. The molecule has 1 aromatic carbocycles. The number of hydrogen-bond donors (Lipinski definition) is 2. The monoisotopic (exact) mass is 280 g/mol. The van der Waals surface area contributed by atoms with Gasteiger partial charge in [-0.3, -0.25) is 0 Å². The van der Waals surface area contributed by atoms with E-state index in [0.29, 0.717) is 11.0 Å². The van der Waals surface area contributed by atoms with Crippen molar-refractivity contribution < 1.29 is 0 Å². The van der Waals surface area contributed by atoms with Gasteiger partial charge in [0.1, 0.15) is 4.99 Å². The molecule has 1 aliphatic carbocycles. The van der Waals surface area contributed by atoms with Crippen molar-refractivity contribution in [3.05, 3.63) is 29.3 Å². The van der Waals surface area contributed by atoms with Gasteiger partial charge in [0.2, 0.25) is 0 Å². The van der Waals surface area contributed by atoms with Crippen molar-refractivity contribution in [3.8, 4) is 0 Å². The van der Waals surface area contributed by atoms with E-state index in [1.807, 2.05) is 17.8 Å². The van der Waals surface area contributed by atoms with Gasteiger partial charge in [0, 0.05) is 22.5 Å². The lowest BCUT2D eigenvalue weighted by atomic mass is 10.1. The highest BCUT2D eigenvalue weighted by Crippen LogP contribution is 2.30. The van der Waals surface area contributed by atoms with Crippen LogP contribution in [0, 0.1) is 6.92 Å². The predicted molar refractivity (Wildman–Crippen MR) is 85.6 cm³/mol. The molecule has 0 spiro atoms. The zero-order valence-electron chi connectivity index (χ0n) is 10.9. The van der Waals surface area contributed by atoms with E-state index in [2.05, 4.69) is 30.6 Å². The fourth-order valence-corrected chi connectivity index (χ4v) is 3.58. The number of benzene rings is 1. The number of hydrogen-bond acceptors (Lipinski definition) is 3. The second-order valence-electron chi connectivity index (χ2n) is 4.91. The van der Waals surface area contributed by atoms with Gasteiger partial charge in [-0.15, -0.1) is 0 Å². The number of nitrogens with two attached hydrogens (primary N) is 1. The van der Waals surface area contributed by atoms with Gasteiger partial charge in [-0.25, -0.2) is 0 Å². The second-order valence-corrected chi connectivity index (χ2v) is 6.48. The third-order valence-electron chi connectivity index (χ3n) is 3.58. The topological polar surface area (TPSA) is 38.0 Å². The molecule has 1 fully saturated rings. The van der Waals surface area contributed by atoms with E-state index in [1.54, 1.807) is 0 Å². The predicted octanol–water partition coefficient (Wildman–Crippen LogP) is 3.33. The number of thioether (sulfide) groups is 1. The smallest absolute Gasteiger partial charge is 0.104 e. The fourth-order valence-electron chi connectivity index (χ4n) is 2.55. The molecule has 2 rings (SSSR count). The molecule has 2 atom stereocenters. The second kappa shape index (κ2) is 5.93. The van der Waals surface area contributed by atoms with Crippen LogP contribution in [-0.4, -0.2) is 22.5 Å². The average Bonchev–Trinajstić information content (AvgIpc) is 2.76. The number of anilines is 1. The summed E-state index contributed by atoms with van der Waals surface area (Å²) in [6, 6.07) is 6.84. The minimum atomic E-state index is 0.474. The van der Waals surface area contributed by atoms with Crippen molar-refractivity contribution in [2.24, 2.45) is 5.73 Å². The molecular formula is C14H20N2S2. The number of nitrogens with one attached hydrogen (secondary N) is 1. The molecule has 0 radical (unpaired) electrons. The van der Waals surface area contributed by atoms with Crippen LogP contribution >= 0.6 is 24.0 Å². The van der Waals surface area contributed by atoms with Crippen LogP contribution in [0.5, 0.6) is 0 Å². The van der Waals surface area contributed by atoms with Crippen LogP contribution in [0.4, 0.5) is 5.69 Å². The van der Waals surface area contributed by atoms with E-state index in [-0.39, 0.29) is 0 Å². The van der Waals surface area contributed by atoms with E-state index in [9.17, 15) is 0 Å². The molecule has 0 amide bonds. The first kappa shape index (κ1) is 13.7. The summed E-state index contributed by atoms with van der Waals surface area (Å²) < 4.78 is 0. The maximum atomic E-state index is 5.67.